The molecule has 13 heavy (non-hydrogen) atoms. The lowest BCUT2D eigenvalue weighted by atomic mass is 10.0. The second-order valence-corrected chi connectivity index (χ2v) is 4.17. The number of rotatable bonds is 3. The summed E-state index contributed by atoms with van der Waals surface area (Å²) in [7, 11) is 0. The van der Waals surface area contributed by atoms with Crippen LogP contribution in [0.4, 0.5) is 0 Å². The molecule has 2 saturated heterocycles. The highest BCUT2D eigenvalue weighted by atomic mass is 127. The van der Waals surface area contributed by atoms with Gasteiger partial charge in [-0.15, -0.1) is 6.42 Å². The van der Waals surface area contributed by atoms with E-state index >= 15 is 0 Å². The first-order valence-electron chi connectivity index (χ1n) is 4.14. The van der Waals surface area contributed by atoms with Crippen LogP contribution >= 0.6 is 22.6 Å². The van der Waals surface area contributed by atoms with Crippen molar-refractivity contribution in [3.63, 3.8) is 0 Å². The van der Waals surface area contributed by atoms with Gasteiger partial charge in [0.2, 0.25) is 5.79 Å². The first-order chi connectivity index (χ1) is 6.18. The molecule has 2 aliphatic heterocycles. The fourth-order valence-corrected chi connectivity index (χ4v) is 2.89. The van der Waals surface area contributed by atoms with Gasteiger partial charge < -0.3 is 14.2 Å². The minimum Gasteiger partial charge on any atom is -0.358 e. The Balaban J connectivity index is 2.12. The van der Waals surface area contributed by atoms with Gasteiger partial charge in [-0.2, -0.15) is 0 Å². The van der Waals surface area contributed by atoms with Gasteiger partial charge in [0.25, 0.3) is 0 Å². The highest BCUT2D eigenvalue weighted by Gasteiger charge is 2.72. The lowest BCUT2D eigenvalue weighted by Gasteiger charge is -2.31. The predicted octanol–water partition coefficient (Wildman–Crippen LogP) is 0.955. The van der Waals surface area contributed by atoms with Gasteiger partial charge in [0.1, 0.15) is 18.3 Å². The molecule has 0 aromatic carbocycles. The lowest BCUT2D eigenvalue weighted by Crippen LogP contribution is -2.47. The first-order valence-corrected chi connectivity index (χ1v) is 5.66. The Morgan fingerprint density at radius 3 is 2.92 bits per heavy atom. The average molecular weight is 294 g/mol. The Bertz CT molecular complexity index is 260. The average Bonchev–Trinajstić information content (AvgIpc) is 2.73. The van der Waals surface area contributed by atoms with Gasteiger partial charge in [0.15, 0.2) is 0 Å². The Labute approximate surface area is 91.2 Å². The zero-order valence-electron chi connectivity index (χ0n) is 7.38. The number of alkyl halides is 1. The maximum atomic E-state index is 5.61. The van der Waals surface area contributed by atoms with Crippen LogP contribution in [0.3, 0.4) is 0 Å². The molecule has 0 N–H and O–H groups in total. The summed E-state index contributed by atoms with van der Waals surface area (Å²) in [5.41, 5.74) is -0.273. The van der Waals surface area contributed by atoms with Gasteiger partial charge in [0, 0.05) is 0 Å². The normalized spacial score (nSPS) is 47.0. The molecular weight excluding hydrogens is 283 g/mol. The lowest BCUT2D eigenvalue weighted by molar-refractivity contribution is -0.235. The van der Waals surface area contributed by atoms with Crippen LogP contribution in [0.1, 0.15) is 6.92 Å². The molecule has 2 heterocycles. The zero-order chi connectivity index (χ0) is 9.53. The molecule has 0 amide bonds. The Hall–Kier alpha value is 0.170. The smallest absolute Gasteiger partial charge is 0.210 e. The molecule has 2 rings (SSSR count). The summed E-state index contributed by atoms with van der Waals surface area (Å²) < 4.78 is 17.4. The third kappa shape index (κ3) is 1.22. The van der Waals surface area contributed by atoms with Gasteiger partial charge >= 0.3 is 0 Å². The van der Waals surface area contributed by atoms with E-state index in [1.54, 1.807) is 0 Å². The molecule has 0 bridgehead atoms. The van der Waals surface area contributed by atoms with Crippen molar-refractivity contribution in [1.82, 2.24) is 0 Å². The number of ether oxygens (including phenoxy) is 3. The number of hydrogen-bond acceptors (Lipinski definition) is 3. The Morgan fingerprint density at radius 1 is 1.77 bits per heavy atom. The minimum atomic E-state index is -0.620. The summed E-state index contributed by atoms with van der Waals surface area (Å²) in [6, 6.07) is 0. The van der Waals surface area contributed by atoms with Crippen LogP contribution in [-0.2, 0) is 14.2 Å². The highest BCUT2D eigenvalue weighted by Crippen LogP contribution is 2.53. The largest absolute Gasteiger partial charge is 0.358 e. The molecule has 0 radical (unpaired) electrons. The zero-order valence-corrected chi connectivity index (χ0v) is 9.54. The van der Waals surface area contributed by atoms with Crippen LogP contribution < -0.4 is 0 Å². The molecule has 0 unspecified atom stereocenters. The first kappa shape index (κ1) is 9.71. The standard InChI is InChI=1S/C9H11IO3/c1-3-4-11-9(6-10)8(2)7(13-8)5-12-9/h1,7H,4-6H2,2H3/t7-,8-,9+/m0/s1. The van der Waals surface area contributed by atoms with Crippen LogP contribution in [0, 0.1) is 12.3 Å². The van der Waals surface area contributed by atoms with Crippen molar-refractivity contribution >= 4 is 22.6 Å². The number of epoxide rings is 1. The fourth-order valence-electron chi connectivity index (χ4n) is 1.70. The van der Waals surface area contributed by atoms with E-state index in [4.69, 9.17) is 20.6 Å². The molecule has 2 fully saturated rings. The summed E-state index contributed by atoms with van der Waals surface area (Å²) in [4.78, 5) is 0. The number of hydrogen-bond donors (Lipinski definition) is 0. The second-order valence-electron chi connectivity index (χ2n) is 3.40. The van der Waals surface area contributed by atoms with Crippen LogP contribution in [-0.4, -0.2) is 35.1 Å². The molecular formula is C9H11IO3. The van der Waals surface area contributed by atoms with Gasteiger partial charge in [-0.25, -0.2) is 0 Å². The third-order valence-electron chi connectivity index (χ3n) is 2.73. The van der Waals surface area contributed by atoms with Gasteiger partial charge in [-0.05, 0) is 6.92 Å². The monoisotopic (exact) mass is 294 g/mol. The molecule has 72 valence electrons. The van der Waals surface area contributed by atoms with Crippen molar-refractivity contribution < 1.29 is 14.2 Å². The predicted molar refractivity (Wildman–Crippen MR) is 55.6 cm³/mol. The summed E-state index contributed by atoms with van der Waals surface area (Å²) in [6.45, 7) is 2.90. The van der Waals surface area contributed by atoms with Crippen LogP contribution in [0.2, 0.25) is 0 Å². The number of fused-ring (bicyclic) bond motifs is 1. The molecule has 0 saturated carbocycles. The topological polar surface area (TPSA) is 31.0 Å². The van der Waals surface area contributed by atoms with Gasteiger partial charge in [-0.3, -0.25) is 0 Å². The van der Waals surface area contributed by atoms with Crippen molar-refractivity contribution in [2.45, 2.75) is 24.4 Å². The maximum Gasteiger partial charge on any atom is 0.210 e. The molecule has 4 heteroatoms. The van der Waals surface area contributed by atoms with Crippen LogP contribution in [0.15, 0.2) is 0 Å². The molecule has 0 aliphatic carbocycles. The number of halogens is 1. The van der Waals surface area contributed by atoms with E-state index < -0.39 is 5.79 Å². The van der Waals surface area contributed by atoms with Crippen LogP contribution in [0.25, 0.3) is 0 Å². The van der Waals surface area contributed by atoms with Crippen molar-refractivity contribution in [2.75, 3.05) is 17.6 Å². The van der Waals surface area contributed by atoms with Crippen LogP contribution in [0.5, 0.6) is 0 Å². The summed E-state index contributed by atoms with van der Waals surface area (Å²) in [6.07, 6.45) is 5.34. The Morgan fingerprint density at radius 2 is 2.54 bits per heavy atom. The van der Waals surface area contributed by atoms with Crippen molar-refractivity contribution in [3.05, 3.63) is 0 Å². The molecule has 3 atom stereocenters. The van der Waals surface area contributed by atoms with E-state index in [1.165, 1.54) is 0 Å². The van der Waals surface area contributed by atoms with E-state index in [0.717, 1.165) is 4.43 Å². The minimum absolute atomic E-state index is 0.194. The summed E-state index contributed by atoms with van der Waals surface area (Å²) in [5, 5.41) is 0. The van der Waals surface area contributed by atoms with E-state index in [1.807, 2.05) is 6.92 Å². The second kappa shape index (κ2) is 3.09. The molecule has 0 aromatic heterocycles. The van der Waals surface area contributed by atoms with Gasteiger partial charge in [-0.1, -0.05) is 28.5 Å². The maximum absolute atomic E-state index is 5.61. The molecule has 2 aliphatic rings. The van der Waals surface area contributed by atoms with Crippen molar-refractivity contribution in [2.24, 2.45) is 0 Å². The highest BCUT2D eigenvalue weighted by molar-refractivity contribution is 14.1. The van der Waals surface area contributed by atoms with E-state index in [0.29, 0.717) is 6.61 Å². The number of terminal acetylenes is 1. The SMILES string of the molecule is C#CCO[C@]1(CI)OC[C@@H]2O[C@@]21C. The molecule has 0 spiro atoms. The fraction of sp³-hybridized carbons (Fsp3) is 0.778. The van der Waals surface area contributed by atoms with Gasteiger partial charge in [0.05, 0.1) is 11.0 Å². The third-order valence-corrected chi connectivity index (χ3v) is 3.74. The molecule has 3 nitrogen and oxygen atoms in total. The molecule has 0 aromatic rings. The van der Waals surface area contributed by atoms with E-state index in [-0.39, 0.29) is 18.3 Å². The van der Waals surface area contributed by atoms with Crippen molar-refractivity contribution in [3.8, 4) is 12.3 Å². The van der Waals surface area contributed by atoms with E-state index in [9.17, 15) is 0 Å². The Kier molecular flexibility index (Phi) is 2.31. The van der Waals surface area contributed by atoms with E-state index in [2.05, 4.69) is 28.5 Å². The van der Waals surface area contributed by atoms with Crippen molar-refractivity contribution in [1.29, 1.82) is 0 Å². The summed E-state index contributed by atoms with van der Waals surface area (Å²) in [5.74, 6) is 1.83. The summed E-state index contributed by atoms with van der Waals surface area (Å²) >= 11 is 2.24. The quantitative estimate of drug-likeness (QED) is 0.336.